The average Bonchev–Trinajstić information content (AvgIpc) is 2.83. The predicted molar refractivity (Wildman–Crippen MR) is 69.4 cm³/mol. The summed E-state index contributed by atoms with van der Waals surface area (Å²) in [5.74, 6) is 5.22. The Morgan fingerprint density at radius 3 is 3.00 bits per heavy atom. The molecule has 0 aliphatic carbocycles. The first-order chi connectivity index (χ1) is 9.19. The molecule has 0 aliphatic rings. The Bertz CT molecular complexity index is 652. The number of hydrogen-bond acceptors (Lipinski definition) is 4. The van der Waals surface area contributed by atoms with Gasteiger partial charge in [-0.2, -0.15) is 5.10 Å². The van der Waals surface area contributed by atoms with E-state index in [0.29, 0.717) is 17.2 Å². The Labute approximate surface area is 110 Å². The molecule has 6 nitrogen and oxygen atoms in total. The van der Waals surface area contributed by atoms with Crippen molar-refractivity contribution < 1.29 is 9.90 Å². The van der Waals surface area contributed by atoms with Crippen molar-refractivity contribution in [1.82, 2.24) is 14.8 Å². The number of nitrogens with one attached hydrogen (secondary N) is 1. The molecule has 0 fully saturated rings. The van der Waals surface area contributed by atoms with Crippen molar-refractivity contribution in [2.75, 3.05) is 11.9 Å². The van der Waals surface area contributed by atoms with Gasteiger partial charge in [0.1, 0.15) is 18.1 Å². The number of aliphatic hydroxyl groups excluding tert-OH is 1. The van der Waals surface area contributed by atoms with Crippen molar-refractivity contribution in [3.05, 3.63) is 41.9 Å². The molecule has 2 aromatic heterocycles. The Hall–Kier alpha value is -2.65. The molecule has 6 heteroatoms. The van der Waals surface area contributed by atoms with E-state index in [1.165, 1.54) is 0 Å². The van der Waals surface area contributed by atoms with Gasteiger partial charge in [0.05, 0.1) is 0 Å². The van der Waals surface area contributed by atoms with Crippen LogP contribution in [0.2, 0.25) is 0 Å². The van der Waals surface area contributed by atoms with Crippen LogP contribution < -0.4 is 5.32 Å². The molecule has 19 heavy (non-hydrogen) atoms. The SMILES string of the molecule is Cn1ccc(C(=O)Nc2cccc(C#CCO)n2)n1. The quantitative estimate of drug-likeness (QED) is 0.763. The van der Waals surface area contributed by atoms with E-state index in [1.54, 1.807) is 42.2 Å². The lowest BCUT2D eigenvalue weighted by Gasteiger charge is -2.02. The van der Waals surface area contributed by atoms with Crippen molar-refractivity contribution in [1.29, 1.82) is 0 Å². The topological polar surface area (TPSA) is 80.0 Å². The molecule has 2 rings (SSSR count). The smallest absolute Gasteiger partial charge is 0.277 e. The van der Waals surface area contributed by atoms with Crippen LogP contribution in [0.1, 0.15) is 16.2 Å². The van der Waals surface area contributed by atoms with Crippen molar-refractivity contribution >= 4 is 11.7 Å². The zero-order chi connectivity index (χ0) is 13.7. The zero-order valence-corrected chi connectivity index (χ0v) is 10.3. The molecule has 0 saturated heterocycles. The molecule has 0 aliphatic heterocycles. The monoisotopic (exact) mass is 256 g/mol. The standard InChI is InChI=1S/C13H12N4O2/c1-17-8-7-11(16-17)13(19)15-12-6-2-4-10(14-12)5-3-9-18/h2,4,6-8,18H,9H2,1H3,(H,14,15,19). The minimum Gasteiger partial charge on any atom is -0.384 e. The van der Waals surface area contributed by atoms with Gasteiger partial charge in [-0.05, 0) is 24.1 Å². The maximum Gasteiger partial charge on any atom is 0.277 e. The lowest BCUT2D eigenvalue weighted by molar-refractivity contribution is 0.102. The summed E-state index contributed by atoms with van der Waals surface area (Å²) >= 11 is 0. The molecule has 2 heterocycles. The molecule has 0 atom stereocenters. The largest absolute Gasteiger partial charge is 0.384 e. The average molecular weight is 256 g/mol. The second-order valence-corrected chi connectivity index (χ2v) is 3.70. The summed E-state index contributed by atoms with van der Waals surface area (Å²) in [5.41, 5.74) is 0.795. The van der Waals surface area contributed by atoms with E-state index >= 15 is 0 Å². The zero-order valence-electron chi connectivity index (χ0n) is 10.3. The van der Waals surface area contributed by atoms with Crippen molar-refractivity contribution in [3.63, 3.8) is 0 Å². The van der Waals surface area contributed by atoms with Crippen molar-refractivity contribution in [2.45, 2.75) is 0 Å². The Morgan fingerprint density at radius 1 is 1.47 bits per heavy atom. The van der Waals surface area contributed by atoms with Gasteiger partial charge in [-0.1, -0.05) is 12.0 Å². The number of carbonyl (C=O) groups is 1. The van der Waals surface area contributed by atoms with Crippen LogP contribution in [0.4, 0.5) is 5.82 Å². The summed E-state index contributed by atoms with van der Waals surface area (Å²) in [5, 5.41) is 15.2. The van der Waals surface area contributed by atoms with Crippen LogP contribution in [0.25, 0.3) is 0 Å². The number of aryl methyl sites for hydroxylation is 1. The van der Waals surface area contributed by atoms with E-state index in [1.807, 2.05) is 0 Å². The summed E-state index contributed by atoms with van der Waals surface area (Å²) in [4.78, 5) is 16.0. The Kier molecular flexibility index (Phi) is 3.90. The van der Waals surface area contributed by atoms with Gasteiger partial charge < -0.3 is 10.4 Å². The fourth-order valence-corrected chi connectivity index (χ4v) is 1.42. The summed E-state index contributed by atoms with van der Waals surface area (Å²) < 4.78 is 1.55. The fourth-order valence-electron chi connectivity index (χ4n) is 1.42. The molecule has 0 saturated carbocycles. The first-order valence-corrected chi connectivity index (χ1v) is 5.57. The molecule has 2 N–H and O–H groups in total. The highest BCUT2D eigenvalue weighted by molar-refractivity contribution is 6.02. The number of hydrogen-bond donors (Lipinski definition) is 2. The van der Waals surface area contributed by atoms with Crippen molar-refractivity contribution in [2.24, 2.45) is 7.05 Å². The molecular formula is C13H12N4O2. The van der Waals surface area contributed by atoms with Crippen molar-refractivity contribution in [3.8, 4) is 11.8 Å². The molecule has 2 aromatic rings. The Balaban J connectivity index is 2.13. The van der Waals surface area contributed by atoms with Gasteiger partial charge in [-0.3, -0.25) is 9.48 Å². The first kappa shape index (κ1) is 12.8. The molecule has 0 aromatic carbocycles. The number of aliphatic hydroxyl groups is 1. The van der Waals surface area contributed by atoms with Crippen LogP contribution in [0.15, 0.2) is 30.5 Å². The molecule has 0 bridgehead atoms. The van der Waals surface area contributed by atoms with Gasteiger partial charge in [0.15, 0.2) is 5.69 Å². The van der Waals surface area contributed by atoms with E-state index in [0.717, 1.165) is 0 Å². The highest BCUT2D eigenvalue weighted by atomic mass is 16.2. The minimum atomic E-state index is -0.333. The van der Waals surface area contributed by atoms with Gasteiger partial charge >= 0.3 is 0 Å². The van der Waals surface area contributed by atoms with E-state index < -0.39 is 0 Å². The third kappa shape index (κ3) is 3.40. The lowest BCUT2D eigenvalue weighted by Crippen LogP contribution is -2.14. The third-order valence-corrected chi connectivity index (χ3v) is 2.23. The van der Waals surface area contributed by atoms with Gasteiger partial charge in [0.2, 0.25) is 0 Å². The van der Waals surface area contributed by atoms with Crippen LogP contribution in [-0.4, -0.2) is 32.4 Å². The summed E-state index contributed by atoms with van der Waals surface area (Å²) in [7, 11) is 1.74. The van der Waals surface area contributed by atoms with Gasteiger partial charge in [-0.25, -0.2) is 4.98 Å². The number of aromatic nitrogens is 3. The number of nitrogens with zero attached hydrogens (tertiary/aromatic N) is 3. The van der Waals surface area contributed by atoms with Crippen LogP contribution in [0.3, 0.4) is 0 Å². The predicted octanol–water partition coefficient (Wildman–Crippen LogP) is 0.411. The second-order valence-electron chi connectivity index (χ2n) is 3.70. The highest BCUT2D eigenvalue weighted by Crippen LogP contribution is 2.06. The fraction of sp³-hybridized carbons (Fsp3) is 0.154. The molecular weight excluding hydrogens is 244 g/mol. The minimum absolute atomic E-state index is 0.230. The number of pyridine rings is 1. The Morgan fingerprint density at radius 2 is 2.32 bits per heavy atom. The second kappa shape index (κ2) is 5.80. The summed E-state index contributed by atoms with van der Waals surface area (Å²) in [6.07, 6.45) is 1.69. The van der Waals surface area contributed by atoms with Crippen LogP contribution in [0.5, 0.6) is 0 Å². The summed E-state index contributed by atoms with van der Waals surface area (Å²) in [6.45, 7) is -0.230. The van der Waals surface area contributed by atoms with E-state index in [-0.39, 0.29) is 12.5 Å². The van der Waals surface area contributed by atoms with Crippen LogP contribution in [0, 0.1) is 11.8 Å². The number of amides is 1. The summed E-state index contributed by atoms with van der Waals surface area (Å²) in [6, 6.07) is 6.69. The van der Waals surface area contributed by atoms with E-state index in [9.17, 15) is 4.79 Å². The maximum atomic E-state index is 11.8. The molecule has 96 valence electrons. The number of carbonyl (C=O) groups excluding carboxylic acids is 1. The number of rotatable bonds is 2. The van der Waals surface area contributed by atoms with Crippen LogP contribution in [-0.2, 0) is 7.05 Å². The molecule has 0 unspecified atom stereocenters. The molecule has 1 amide bonds. The van der Waals surface area contributed by atoms with E-state index in [4.69, 9.17) is 5.11 Å². The van der Waals surface area contributed by atoms with Crippen LogP contribution >= 0.6 is 0 Å². The third-order valence-electron chi connectivity index (χ3n) is 2.23. The highest BCUT2D eigenvalue weighted by Gasteiger charge is 2.09. The van der Waals surface area contributed by atoms with Gasteiger partial charge in [0.25, 0.3) is 5.91 Å². The van der Waals surface area contributed by atoms with E-state index in [2.05, 4.69) is 27.2 Å². The van der Waals surface area contributed by atoms with Gasteiger partial charge in [-0.15, -0.1) is 0 Å². The lowest BCUT2D eigenvalue weighted by atomic mass is 10.3. The molecule has 0 radical (unpaired) electrons. The molecule has 0 spiro atoms. The normalized spacial score (nSPS) is 9.58. The maximum absolute atomic E-state index is 11.8. The van der Waals surface area contributed by atoms with Gasteiger partial charge in [0, 0.05) is 13.2 Å². The number of anilines is 1. The first-order valence-electron chi connectivity index (χ1n) is 5.57.